The molecule has 0 saturated heterocycles. The molecule has 0 radical (unpaired) electrons. The van der Waals surface area contributed by atoms with Gasteiger partial charge in [0.05, 0.1) is 0 Å². The number of para-hydroxylation sites is 2. The van der Waals surface area contributed by atoms with Gasteiger partial charge in [-0.15, -0.1) is 0 Å². The van der Waals surface area contributed by atoms with Crippen LogP contribution in [0.25, 0.3) is 21.8 Å². The van der Waals surface area contributed by atoms with Gasteiger partial charge in [0, 0.05) is 27.8 Å². The first-order valence-electron chi connectivity index (χ1n) is 7.71. The van der Waals surface area contributed by atoms with Crippen LogP contribution in [0, 0.1) is 5.92 Å². The Balaban J connectivity index is 2.36. The van der Waals surface area contributed by atoms with Crippen LogP contribution < -0.4 is 0 Å². The molecule has 1 heteroatoms. The summed E-state index contributed by atoms with van der Waals surface area (Å²) in [5.41, 5.74) is 2.75. The maximum atomic E-state index is 2.57. The summed E-state index contributed by atoms with van der Waals surface area (Å²) in [4.78, 5) is 0. The molecule has 3 aromatic rings. The zero-order chi connectivity index (χ0) is 14.1. The highest BCUT2D eigenvalue weighted by Gasteiger charge is 2.19. The van der Waals surface area contributed by atoms with E-state index in [4.69, 9.17) is 0 Å². The molecule has 1 aromatic heterocycles. The van der Waals surface area contributed by atoms with E-state index in [1.807, 2.05) is 0 Å². The Bertz CT molecular complexity index is 668. The molecule has 2 aromatic carbocycles. The van der Waals surface area contributed by atoms with Gasteiger partial charge in [0.1, 0.15) is 0 Å². The molecule has 0 saturated carbocycles. The minimum atomic E-state index is 0.574. The van der Waals surface area contributed by atoms with Crippen molar-refractivity contribution in [2.45, 2.75) is 39.7 Å². The molecule has 0 amide bonds. The van der Waals surface area contributed by atoms with Gasteiger partial charge in [0.2, 0.25) is 0 Å². The lowest BCUT2D eigenvalue weighted by Crippen LogP contribution is -2.14. The molecule has 1 atom stereocenters. The molecule has 0 spiro atoms. The highest BCUT2D eigenvalue weighted by molar-refractivity contribution is 6.08. The third kappa shape index (κ3) is 2.02. The van der Waals surface area contributed by atoms with Crippen molar-refractivity contribution < 1.29 is 0 Å². The van der Waals surface area contributed by atoms with E-state index in [2.05, 4.69) is 73.9 Å². The Kier molecular flexibility index (Phi) is 3.52. The predicted molar refractivity (Wildman–Crippen MR) is 88.2 cm³/mol. The third-order valence-electron chi connectivity index (χ3n) is 4.30. The second kappa shape index (κ2) is 5.32. The van der Waals surface area contributed by atoms with Crippen LogP contribution in [-0.2, 0) is 0 Å². The van der Waals surface area contributed by atoms with Gasteiger partial charge in [-0.25, -0.2) is 0 Å². The summed E-state index contributed by atoms with van der Waals surface area (Å²) >= 11 is 0. The van der Waals surface area contributed by atoms with E-state index in [-0.39, 0.29) is 0 Å². The van der Waals surface area contributed by atoms with Gasteiger partial charge in [-0.3, -0.25) is 0 Å². The molecule has 1 nitrogen and oxygen atoms in total. The first kappa shape index (κ1) is 13.2. The second-order valence-corrected chi connectivity index (χ2v) is 6.00. The van der Waals surface area contributed by atoms with Crippen LogP contribution in [0.5, 0.6) is 0 Å². The van der Waals surface area contributed by atoms with E-state index in [0.29, 0.717) is 12.0 Å². The van der Waals surface area contributed by atoms with E-state index in [0.717, 1.165) is 0 Å². The van der Waals surface area contributed by atoms with Crippen LogP contribution in [0.1, 0.15) is 39.7 Å². The van der Waals surface area contributed by atoms with Crippen LogP contribution in [0.3, 0.4) is 0 Å². The molecule has 1 heterocycles. The molecule has 0 aliphatic rings. The molecule has 1 unspecified atom stereocenters. The molecule has 0 N–H and O–H groups in total. The molecule has 0 aliphatic heterocycles. The minimum absolute atomic E-state index is 0.574. The fourth-order valence-corrected chi connectivity index (χ4v) is 3.37. The van der Waals surface area contributed by atoms with Gasteiger partial charge < -0.3 is 4.57 Å². The third-order valence-corrected chi connectivity index (χ3v) is 4.30. The maximum Gasteiger partial charge on any atom is 0.0494 e. The van der Waals surface area contributed by atoms with Crippen LogP contribution >= 0.6 is 0 Å². The Morgan fingerprint density at radius 1 is 0.850 bits per heavy atom. The lowest BCUT2D eigenvalue weighted by molar-refractivity contribution is 0.367. The van der Waals surface area contributed by atoms with E-state index >= 15 is 0 Å². The number of benzene rings is 2. The molecule has 0 bridgehead atoms. The number of hydrogen-bond donors (Lipinski definition) is 0. The normalized spacial score (nSPS) is 13.4. The number of aromatic nitrogens is 1. The molecule has 0 fully saturated rings. The van der Waals surface area contributed by atoms with E-state index in [1.165, 1.54) is 34.6 Å². The average molecular weight is 265 g/mol. The van der Waals surface area contributed by atoms with Crippen LogP contribution in [0.4, 0.5) is 0 Å². The molecule has 20 heavy (non-hydrogen) atoms. The highest BCUT2D eigenvalue weighted by Crippen LogP contribution is 2.35. The van der Waals surface area contributed by atoms with Crippen molar-refractivity contribution in [3.63, 3.8) is 0 Å². The zero-order valence-corrected chi connectivity index (χ0v) is 12.6. The van der Waals surface area contributed by atoms with E-state index in [1.54, 1.807) is 0 Å². The smallest absolute Gasteiger partial charge is 0.0494 e. The summed E-state index contributed by atoms with van der Waals surface area (Å²) in [5, 5.41) is 2.76. The molecular formula is C19H23N. The highest BCUT2D eigenvalue weighted by atomic mass is 15.0. The molecular weight excluding hydrogens is 242 g/mol. The topological polar surface area (TPSA) is 4.93 Å². The van der Waals surface area contributed by atoms with Crippen LogP contribution in [-0.4, -0.2) is 4.57 Å². The van der Waals surface area contributed by atoms with Crippen molar-refractivity contribution >= 4 is 21.8 Å². The van der Waals surface area contributed by atoms with Gasteiger partial charge in [-0.05, 0) is 24.5 Å². The maximum absolute atomic E-state index is 2.57. The number of hydrogen-bond acceptors (Lipinski definition) is 0. The Hall–Kier alpha value is -1.76. The number of fused-ring (bicyclic) bond motifs is 3. The zero-order valence-electron chi connectivity index (χ0n) is 12.6. The van der Waals surface area contributed by atoms with Crippen LogP contribution in [0.2, 0.25) is 0 Å². The van der Waals surface area contributed by atoms with Crippen molar-refractivity contribution in [1.29, 1.82) is 0 Å². The largest absolute Gasteiger partial charge is 0.337 e. The second-order valence-electron chi connectivity index (χ2n) is 6.00. The van der Waals surface area contributed by atoms with Gasteiger partial charge in [-0.1, -0.05) is 63.6 Å². The lowest BCUT2D eigenvalue weighted by Gasteiger charge is -2.24. The van der Waals surface area contributed by atoms with Crippen molar-refractivity contribution in [2.75, 3.05) is 0 Å². The van der Waals surface area contributed by atoms with Gasteiger partial charge in [-0.2, -0.15) is 0 Å². The van der Waals surface area contributed by atoms with Crippen molar-refractivity contribution in [3.8, 4) is 0 Å². The number of rotatable bonds is 4. The van der Waals surface area contributed by atoms with Crippen molar-refractivity contribution in [2.24, 2.45) is 5.92 Å². The van der Waals surface area contributed by atoms with Gasteiger partial charge in [0.25, 0.3) is 0 Å². The van der Waals surface area contributed by atoms with Crippen molar-refractivity contribution in [3.05, 3.63) is 48.5 Å². The van der Waals surface area contributed by atoms with Crippen molar-refractivity contribution in [1.82, 2.24) is 4.57 Å². The summed E-state index contributed by atoms with van der Waals surface area (Å²) in [7, 11) is 0. The molecule has 3 rings (SSSR count). The average Bonchev–Trinajstić information content (AvgIpc) is 2.79. The Labute approximate surface area is 121 Å². The fourth-order valence-electron chi connectivity index (χ4n) is 3.37. The molecule has 0 aliphatic carbocycles. The first-order chi connectivity index (χ1) is 9.74. The van der Waals surface area contributed by atoms with Gasteiger partial charge >= 0.3 is 0 Å². The summed E-state index contributed by atoms with van der Waals surface area (Å²) in [6.07, 6.45) is 2.46. The summed E-state index contributed by atoms with van der Waals surface area (Å²) < 4.78 is 2.57. The SMILES string of the molecule is CCCC(C(C)C)n1c2ccccc2c2ccccc21. The summed E-state index contributed by atoms with van der Waals surface area (Å²) in [6.45, 7) is 6.96. The predicted octanol–water partition coefficient (Wildman–Crippen LogP) is 5.79. The Morgan fingerprint density at radius 2 is 1.35 bits per heavy atom. The standard InChI is InChI=1S/C19H23N/c1-4-9-17(14(2)3)20-18-12-7-5-10-15(18)16-11-6-8-13-19(16)20/h5-8,10-14,17H,4,9H2,1-3H3. The number of nitrogens with zero attached hydrogens (tertiary/aromatic N) is 1. The minimum Gasteiger partial charge on any atom is -0.337 e. The van der Waals surface area contributed by atoms with E-state index in [9.17, 15) is 0 Å². The molecule has 104 valence electrons. The lowest BCUT2D eigenvalue weighted by atomic mass is 9.99. The fraction of sp³-hybridized carbons (Fsp3) is 0.368. The quantitative estimate of drug-likeness (QED) is 0.562. The summed E-state index contributed by atoms with van der Waals surface area (Å²) in [5.74, 6) is 0.647. The monoisotopic (exact) mass is 265 g/mol. The van der Waals surface area contributed by atoms with Gasteiger partial charge in [0.15, 0.2) is 0 Å². The summed E-state index contributed by atoms with van der Waals surface area (Å²) in [6, 6.07) is 18.2. The Morgan fingerprint density at radius 3 is 1.80 bits per heavy atom. The van der Waals surface area contributed by atoms with Crippen LogP contribution in [0.15, 0.2) is 48.5 Å². The van der Waals surface area contributed by atoms with E-state index < -0.39 is 0 Å². The first-order valence-corrected chi connectivity index (χ1v) is 7.71.